The average Bonchev–Trinajstić information content (AvgIpc) is 2.54. The van der Waals surface area contributed by atoms with Gasteiger partial charge in [0.2, 0.25) is 5.91 Å². The largest absolute Gasteiger partial charge is 0.497 e. The molecule has 2 rings (SSSR count). The Hall–Kier alpha value is -2.08. The van der Waals surface area contributed by atoms with Crippen LogP contribution in [0.15, 0.2) is 24.3 Å². The number of piperidine rings is 1. The van der Waals surface area contributed by atoms with Crippen LogP contribution in [0.2, 0.25) is 0 Å². The molecule has 0 bridgehead atoms. The number of aliphatic hydroxyl groups is 1. The van der Waals surface area contributed by atoms with Crippen LogP contribution in [0, 0.1) is 0 Å². The Balaban J connectivity index is 2.04. The van der Waals surface area contributed by atoms with Crippen molar-refractivity contribution in [3.05, 3.63) is 29.8 Å². The van der Waals surface area contributed by atoms with Gasteiger partial charge in [-0.05, 0) is 24.6 Å². The molecular weight excluding hydrogens is 286 g/mol. The van der Waals surface area contributed by atoms with Crippen molar-refractivity contribution in [3.8, 4) is 5.75 Å². The Kier molecular flexibility index (Phi) is 4.71. The fourth-order valence-corrected chi connectivity index (χ4v) is 2.64. The zero-order valence-corrected chi connectivity index (χ0v) is 12.8. The van der Waals surface area contributed by atoms with Crippen molar-refractivity contribution >= 4 is 11.9 Å². The first-order valence-corrected chi connectivity index (χ1v) is 7.26. The molecule has 1 saturated heterocycles. The second kappa shape index (κ2) is 6.36. The van der Waals surface area contributed by atoms with Gasteiger partial charge in [0.05, 0.1) is 13.0 Å². The van der Waals surface area contributed by atoms with Crippen LogP contribution in [0.5, 0.6) is 5.75 Å². The minimum absolute atomic E-state index is 0.0545. The first-order valence-electron chi connectivity index (χ1n) is 7.26. The molecule has 22 heavy (non-hydrogen) atoms. The number of hydrogen-bond donors (Lipinski definition) is 2. The maximum atomic E-state index is 12.5. The summed E-state index contributed by atoms with van der Waals surface area (Å²) < 4.78 is 5.16. The summed E-state index contributed by atoms with van der Waals surface area (Å²) in [6.07, 6.45) is 0.109. The summed E-state index contributed by atoms with van der Waals surface area (Å²) in [6.45, 7) is 2.31. The van der Waals surface area contributed by atoms with Gasteiger partial charge in [-0.2, -0.15) is 0 Å². The number of rotatable bonds is 4. The zero-order chi connectivity index (χ0) is 16.3. The number of hydrogen-bond acceptors (Lipinski definition) is 4. The number of nitrogens with zero attached hydrogens (tertiary/aromatic N) is 1. The van der Waals surface area contributed by atoms with E-state index in [4.69, 9.17) is 9.84 Å². The standard InChI is InChI=1S/C16H21NO5/c1-11(12-4-3-5-13(10-12)22-2)14(18)17-8-6-16(21,7-9-17)15(19)20/h3-5,10-11,21H,6-9H2,1-2H3,(H,19,20). The first kappa shape index (κ1) is 16.3. The third-order valence-corrected chi connectivity index (χ3v) is 4.26. The van der Waals surface area contributed by atoms with Crippen molar-refractivity contribution in [3.63, 3.8) is 0 Å². The van der Waals surface area contributed by atoms with Crippen LogP contribution in [0.3, 0.4) is 0 Å². The number of benzene rings is 1. The SMILES string of the molecule is COc1cccc(C(C)C(=O)N2CCC(O)(C(=O)O)CC2)c1. The van der Waals surface area contributed by atoms with E-state index in [2.05, 4.69) is 0 Å². The minimum atomic E-state index is -1.71. The number of ether oxygens (including phenoxy) is 1. The van der Waals surface area contributed by atoms with Gasteiger partial charge in [-0.3, -0.25) is 4.79 Å². The van der Waals surface area contributed by atoms with E-state index in [0.717, 1.165) is 5.56 Å². The van der Waals surface area contributed by atoms with Gasteiger partial charge in [0, 0.05) is 25.9 Å². The van der Waals surface area contributed by atoms with E-state index in [-0.39, 0.29) is 37.8 Å². The smallest absolute Gasteiger partial charge is 0.335 e. The number of carbonyl (C=O) groups excluding carboxylic acids is 1. The number of likely N-dealkylation sites (tertiary alicyclic amines) is 1. The first-order chi connectivity index (χ1) is 10.4. The molecule has 120 valence electrons. The maximum absolute atomic E-state index is 12.5. The molecule has 1 aliphatic rings. The Morgan fingerprint density at radius 3 is 2.50 bits per heavy atom. The molecule has 1 amide bonds. The highest BCUT2D eigenvalue weighted by Crippen LogP contribution is 2.27. The van der Waals surface area contributed by atoms with Crippen molar-refractivity contribution in [1.29, 1.82) is 0 Å². The Morgan fingerprint density at radius 2 is 1.95 bits per heavy atom. The molecule has 1 aromatic rings. The van der Waals surface area contributed by atoms with E-state index in [1.807, 2.05) is 31.2 Å². The monoisotopic (exact) mass is 307 g/mol. The molecule has 6 nitrogen and oxygen atoms in total. The fourth-order valence-electron chi connectivity index (χ4n) is 2.64. The summed E-state index contributed by atoms with van der Waals surface area (Å²) >= 11 is 0. The molecule has 1 aromatic carbocycles. The third-order valence-electron chi connectivity index (χ3n) is 4.26. The second-order valence-corrected chi connectivity index (χ2v) is 5.66. The number of carboxylic acids is 1. The Bertz CT molecular complexity index is 563. The van der Waals surface area contributed by atoms with E-state index in [1.165, 1.54) is 0 Å². The summed E-state index contributed by atoms with van der Waals surface area (Å²) in [5, 5.41) is 18.9. The van der Waals surface area contributed by atoms with Crippen molar-refractivity contribution < 1.29 is 24.5 Å². The molecule has 1 aliphatic heterocycles. The van der Waals surface area contributed by atoms with Gasteiger partial charge < -0.3 is 19.8 Å². The van der Waals surface area contributed by atoms with Crippen LogP contribution in [0.4, 0.5) is 0 Å². The van der Waals surface area contributed by atoms with Crippen LogP contribution in [-0.4, -0.2) is 52.8 Å². The van der Waals surface area contributed by atoms with E-state index < -0.39 is 11.6 Å². The van der Waals surface area contributed by atoms with Crippen LogP contribution in [-0.2, 0) is 9.59 Å². The van der Waals surface area contributed by atoms with Crippen molar-refractivity contribution in [2.75, 3.05) is 20.2 Å². The lowest BCUT2D eigenvalue weighted by Gasteiger charge is -2.36. The van der Waals surface area contributed by atoms with Gasteiger partial charge in [-0.25, -0.2) is 4.79 Å². The summed E-state index contributed by atoms with van der Waals surface area (Å²) in [5.74, 6) is -0.941. The summed E-state index contributed by atoms with van der Waals surface area (Å²) in [7, 11) is 1.57. The topological polar surface area (TPSA) is 87.1 Å². The lowest BCUT2D eigenvalue weighted by molar-refractivity contribution is -0.165. The van der Waals surface area contributed by atoms with Crippen molar-refractivity contribution in [1.82, 2.24) is 4.90 Å². The number of carbonyl (C=O) groups is 2. The van der Waals surface area contributed by atoms with Crippen molar-refractivity contribution in [2.45, 2.75) is 31.3 Å². The predicted molar refractivity (Wildman–Crippen MR) is 79.8 cm³/mol. The average molecular weight is 307 g/mol. The maximum Gasteiger partial charge on any atom is 0.335 e. The van der Waals surface area contributed by atoms with E-state index in [0.29, 0.717) is 5.75 Å². The molecule has 2 N–H and O–H groups in total. The Labute approximate surface area is 129 Å². The third kappa shape index (κ3) is 3.22. The number of methoxy groups -OCH3 is 1. The molecule has 6 heteroatoms. The second-order valence-electron chi connectivity index (χ2n) is 5.66. The van der Waals surface area contributed by atoms with Crippen LogP contribution < -0.4 is 4.74 Å². The van der Waals surface area contributed by atoms with E-state index in [9.17, 15) is 14.7 Å². The van der Waals surface area contributed by atoms with Gasteiger partial charge >= 0.3 is 5.97 Å². The molecule has 1 fully saturated rings. The normalized spacial score (nSPS) is 18.6. The van der Waals surface area contributed by atoms with Gasteiger partial charge in [0.15, 0.2) is 5.60 Å². The van der Waals surface area contributed by atoms with E-state index >= 15 is 0 Å². The molecule has 0 radical (unpaired) electrons. The minimum Gasteiger partial charge on any atom is -0.497 e. The highest BCUT2D eigenvalue weighted by Gasteiger charge is 2.41. The van der Waals surface area contributed by atoms with Gasteiger partial charge in [-0.15, -0.1) is 0 Å². The molecule has 0 aromatic heterocycles. The molecule has 0 spiro atoms. The van der Waals surface area contributed by atoms with Crippen molar-refractivity contribution in [2.24, 2.45) is 0 Å². The highest BCUT2D eigenvalue weighted by molar-refractivity contribution is 5.84. The molecule has 1 atom stereocenters. The number of carboxylic acid groups (broad SMARTS) is 1. The molecular formula is C16H21NO5. The quantitative estimate of drug-likeness (QED) is 0.874. The summed E-state index contributed by atoms with van der Waals surface area (Å²) in [5.41, 5.74) is -0.862. The molecule has 1 unspecified atom stereocenters. The molecule has 0 aliphatic carbocycles. The zero-order valence-electron chi connectivity index (χ0n) is 12.8. The highest BCUT2D eigenvalue weighted by atomic mass is 16.5. The van der Waals surface area contributed by atoms with Crippen LogP contribution >= 0.6 is 0 Å². The summed E-state index contributed by atoms with van der Waals surface area (Å²) in [4.78, 5) is 25.2. The van der Waals surface area contributed by atoms with Crippen LogP contribution in [0.25, 0.3) is 0 Å². The van der Waals surface area contributed by atoms with E-state index in [1.54, 1.807) is 12.0 Å². The lowest BCUT2D eigenvalue weighted by atomic mass is 9.90. The fraction of sp³-hybridized carbons (Fsp3) is 0.500. The van der Waals surface area contributed by atoms with Gasteiger partial charge in [-0.1, -0.05) is 12.1 Å². The Morgan fingerprint density at radius 1 is 1.32 bits per heavy atom. The molecule has 0 saturated carbocycles. The lowest BCUT2D eigenvalue weighted by Crippen LogP contribution is -2.51. The van der Waals surface area contributed by atoms with Crippen LogP contribution in [0.1, 0.15) is 31.2 Å². The number of aliphatic carboxylic acids is 1. The predicted octanol–water partition coefficient (Wildman–Crippen LogP) is 1.24. The number of amides is 1. The van der Waals surface area contributed by atoms with Gasteiger partial charge in [0.25, 0.3) is 0 Å². The van der Waals surface area contributed by atoms with Gasteiger partial charge in [0.1, 0.15) is 5.75 Å². The molecule has 1 heterocycles. The summed E-state index contributed by atoms with van der Waals surface area (Å²) in [6, 6.07) is 7.33.